The van der Waals surface area contributed by atoms with Crippen molar-refractivity contribution in [3.63, 3.8) is 0 Å². The molecule has 1 aliphatic carbocycles. The zero-order valence-electron chi connectivity index (χ0n) is 12.1. The van der Waals surface area contributed by atoms with Gasteiger partial charge < -0.3 is 11.1 Å². The minimum Gasteiger partial charge on any atom is -0.370 e. The number of hydrogen-bond donors (Lipinski definition) is 2. The summed E-state index contributed by atoms with van der Waals surface area (Å²) in [6, 6.07) is 8.33. The molecule has 1 saturated carbocycles. The van der Waals surface area contributed by atoms with Crippen LogP contribution in [0.4, 0.5) is 5.69 Å². The number of aliphatic imine (C=N–C) groups is 1. The van der Waals surface area contributed by atoms with Crippen LogP contribution in [0.3, 0.4) is 0 Å². The van der Waals surface area contributed by atoms with Crippen molar-refractivity contribution in [2.24, 2.45) is 16.1 Å². The summed E-state index contributed by atoms with van der Waals surface area (Å²) in [6.07, 6.45) is 6.16. The van der Waals surface area contributed by atoms with Gasteiger partial charge in [-0.3, -0.25) is 4.99 Å². The van der Waals surface area contributed by atoms with E-state index in [0.717, 1.165) is 18.7 Å². The molecule has 0 bridgehead atoms. The predicted octanol–water partition coefficient (Wildman–Crippen LogP) is 3.56. The van der Waals surface area contributed by atoms with Crippen molar-refractivity contribution < 1.29 is 0 Å². The first-order valence-corrected chi connectivity index (χ1v) is 7.33. The Kier molecular flexibility index (Phi) is 4.46. The summed E-state index contributed by atoms with van der Waals surface area (Å²) >= 11 is 0. The Hall–Kier alpha value is -1.51. The first kappa shape index (κ1) is 13.9. The average molecular weight is 259 g/mol. The van der Waals surface area contributed by atoms with E-state index in [1.165, 1.54) is 31.2 Å². The molecule has 0 aromatic heterocycles. The lowest BCUT2D eigenvalue weighted by Crippen LogP contribution is -2.24. The minimum atomic E-state index is 0.465. The number of guanidine groups is 1. The summed E-state index contributed by atoms with van der Waals surface area (Å²) in [5, 5.41) is 3.19. The van der Waals surface area contributed by atoms with Crippen molar-refractivity contribution in [3.8, 4) is 0 Å². The van der Waals surface area contributed by atoms with Gasteiger partial charge in [0.1, 0.15) is 0 Å². The van der Waals surface area contributed by atoms with Crippen LogP contribution in [0, 0.1) is 5.41 Å². The number of nitrogens with one attached hydrogen (secondary N) is 1. The van der Waals surface area contributed by atoms with E-state index in [-0.39, 0.29) is 0 Å². The summed E-state index contributed by atoms with van der Waals surface area (Å²) in [4.78, 5) is 4.51. The quantitative estimate of drug-likeness (QED) is 0.606. The van der Waals surface area contributed by atoms with Gasteiger partial charge in [0.15, 0.2) is 5.96 Å². The van der Waals surface area contributed by atoms with E-state index in [0.29, 0.717) is 11.4 Å². The van der Waals surface area contributed by atoms with Crippen LogP contribution in [0.1, 0.15) is 45.1 Å². The molecule has 1 aliphatic rings. The molecule has 1 aromatic rings. The number of benzene rings is 1. The highest BCUT2D eigenvalue weighted by Crippen LogP contribution is 2.49. The summed E-state index contributed by atoms with van der Waals surface area (Å²) < 4.78 is 0. The standard InChI is InChI=1S/C16H25N3/c1-3-8-16(9-10-16)12-18-15(17)19-14-7-5-6-13(4-2)11-14/h5-7,11H,3-4,8-10,12H2,1-2H3,(H3,17,18,19). The highest BCUT2D eigenvalue weighted by atomic mass is 15.1. The largest absolute Gasteiger partial charge is 0.370 e. The van der Waals surface area contributed by atoms with Crippen molar-refractivity contribution in [1.29, 1.82) is 0 Å². The lowest BCUT2D eigenvalue weighted by Gasteiger charge is -2.12. The lowest BCUT2D eigenvalue weighted by atomic mass is 10.0. The second-order valence-electron chi connectivity index (χ2n) is 5.63. The molecule has 0 amide bonds. The van der Waals surface area contributed by atoms with E-state index in [1.54, 1.807) is 0 Å². The smallest absolute Gasteiger partial charge is 0.193 e. The maximum atomic E-state index is 5.97. The molecule has 0 radical (unpaired) electrons. The Morgan fingerprint density at radius 1 is 1.37 bits per heavy atom. The monoisotopic (exact) mass is 259 g/mol. The molecule has 0 atom stereocenters. The van der Waals surface area contributed by atoms with Gasteiger partial charge in [0.25, 0.3) is 0 Å². The molecule has 3 N–H and O–H groups in total. The molecule has 0 aliphatic heterocycles. The van der Waals surface area contributed by atoms with Crippen LogP contribution in [0.25, 0.3) is 0 Å². The molecule has 3 heteroatoms. The fourth-order valence-corrected chi connectivity index (χ4v) is 2.50. The average Bonchev–Trinajstić information content (AvgIpc) is 3.17. The van der Waals surface area contributed by atoms with E-state index in [9.17, 15) is 0 Å². The van der Waals surface area contributed by atoms with Gasteiger partial charge in [-0.2, -0.15) is 0 Å². The van der Waals surface area contributed by atoms with Gasteiger partial charge in [-0.1, -0.05) is 32.4 Å². The Bertz CT molecular complexity index is 447. The van der Waals surface area contributed by atoms with E-state index >= 15 is 0 Å². The fraction of sp³-hybridized carbons (Fsp3) is 0.562. The van der Waals surface area contributed by atoms with Crippen LogP contribution in [0.5, 0.6) is 0 Å². The van der Waals surface area contributed by atoms with Gasteiger partial charge in [0.2, 0.25) is 0 Å². The zero-order valence-corrected chi connectivity index (χ0v) is 12.1. The molecule has 0 heterocycles. The van der Waals surface area contributed by atoms with Crippen molar-refractivity contribution >= 4 is 11.6 Å². The number of anilines is 1. The topological polar surface area (TPSA) is 50.4 Å². The first-order chi connectivity index (χ1) is 9.17. The zero-order chi connectivity index (χ0) is 13.7. The van der Waals surface area contributed by atoms with Crippen LogP contribution in [0.2, 0.25) is 0 Å². The van der Waals surface area contributed by atoms with Gasteiger partial charge in [-0.05, 0) is 48.8 Å². The van der Waals surface area contributed by atoms with Crippen LogP contribution in [-0.4, -0.2) is 12.5 Å². The van der Waals surface area contributed by atoms with Gasteiger partial charge in [-0.15, -0.1) is 0 Å². The van der Waals surface area contributed by atoms with Gasteiger partial charge >= 0.3 is 0 Å². The Balaban J connectivity index is 1.91. The second-order valence-corrected chi connectivity index (χ2v) is 5.63. The molecule has 0 saturated heterocycles. The maximum absolute atomic E-state index is 5.97. The number of nitrogens with two attached hydrogens (primary N) is 1. The summed E-state index contributed by atoms with van der Waals surface area (Å²) in [6.45, 7) is 5.26. The highest BCUT2D eigenvalue weighted by molar-refractivity contribution is 5.92. The van der Waals surface area contributed by atoms with Crippen molar-refractivity contribution in [2.45, 2.75) is 46.0 Å². The van der Waals surface area contributed by atoms with Crippen LogP contribution < -0.4 is 11.1 Å². The minimum absolute atomic E-state index is 0.465. The predicted molar refractivity (Wildman–Crippen MR) is 82.5 cm³/mol. The van der Waals surface area contributed by atoms with E-state index < -0.39 is 0 Å². The number of hydrogen-bond acceptors (Lipinski definition) is 1. The molecule has 3 nitrogen and oxygen atoms in total. The maximum Gasteiger partial charge on any atom is 0.193 e. The third-order valence-corrected chi connectivity index (χ3v) is 3.93. The third-order valence-electron chi connectivity index (χ3n) is 3.93. The van der Waals surface area contributed by atoms with Gasteiger partial charge in [-0.25, -0.2) is 0 Å². The molecular weight excluding hydrogens is 234 g/mol. The van der Waals surface area contributed by atoms with Gasteiger partial charge in [0.05, 0.1) is 0 Å². The fourth-order valence-electron chi connectivity index (χ4n) is 2.50. The molecule has 2 rings (SSSR count). The van der Waals surface area contributed by atoms with E-state index in [2.05, 4.69) is 36.3 Å². The molecule has 19 heavy (non-hydrogen) atoms. The summed E-state index contributed by atoms with van der Waals surface area (Å²) in [5.41, 5.74) is 8.77. The van der Waals surface area contributed by atoms with Crippen LogP contribution in [0.15, 0.2) is 29.3 Å². The highest BCUT2D eigenvalue weighted by Gasteiger charge is 2.41. The van der Waals surface area contributed by atoms with Crippen molar-refractivity contribution in [3.05, 3.63) is 29.8 Å². The van der Waals surface area contributed by atoms with E-state index in [1.807, 2.05) is 12.1 Å². The van der Waals surface area contributed by atoms with E-state index in [4.69, 9.17) is 5.73 Å². The molecule has 104 valence electrons. The summed E-state index contributed by atoms with van der Waals surface area (Å²) in [5.74, 6) is 0.538. The van der Waals surface area contributed by atoms with Crippen molar-refractivity contribution in [1.82, 2.24) is 0 Å². The van der Waals surface area contributed by atoms with Crippen LogP contribution in [-0.2, 0) is 6.42 Å². The molecule has 0 unspecified atom stereocenters. The Morgan fingerprint density at radius 2 is 2.16 bits per heavy atom. The number of aryl methyl sites for hydroxylation is 1. The van der Waals surface area contributed by atoms with Crippen LogP contribution >= 0.6 is 0 Å². The Labute approximate surface area is 116 Å². The molecular formula is C16H25N3. The third kappa shape index (κ3) is 3.98. The molecule has 1 aromatic carbocycles. The summed E-state index contributed by atoms with van der Waals surface area (Å²) in [7, 11) is 0. The first-order valence-electron chi connectivity index (χ1n) is 7.33. The van der Waals surface area contributed by atoms with Gasteiger partial charge in [0, 0.05) is 12.2 Å². The Morgan fingerprint density at radius 3 is 2.79 bits per heavy atom. The number of nitrogens with zero attached hydrogens (tertiary/aromatic N) is 1. The molecule has 0 spiro atoms. The second kappa shape index (κ2) is 6.09. The van der Waals surface area contributed by atoms with Crippen molar-refractivity contribution in [2.75, 3.05) is 11.9 Å². The SMILES string of the molecule is CCCC1(CN=C(N)Nc2cccc(CC)c2)CC1. The molecule has 1 fully saturated rings. The normalized spacial score (nSPS) is 17.3. The number of rotatable bonds is 6. The lowest BCUT2D eigenvalue weighted by molar-refractivity contribution is 0.473.